The Balaban J connectivity index is 2.02. The Hall–Kier alpha value is -2.12. The van der Waals surface area contributed by atoms with E-state index in [1.807, 2.05) is 0 Å². The van der Waals surface area contributed by atoms with E-state index in [0.29, 0.717) is 5.92 Å². The molecule has 0 saturated carbocycles. The molecule has 23 heavy (non-hydrogen) atoms. The fourth-order valence-corrected chi connectivity index (χ4v) is 8.14. The van der Waals surface area contributed by atoms with Gasteiger partial charge in [0.1, 0.15) is 8.07 Å². The lowest BCUT2D eigenvalue weighted by Gasteiger charge is -2.26. The minimum atomic E-state index is -1.88. The average molecular weight is 315 g/mol. The van der Waals surface area contributed by atoms with E-state index in [1.165, 1.54) is 21.9 Å². The number of hydrogen-bond donors (Lipinski definition) is 0. The normalized spacial score (nSPS) is 14.6. The van der Waals surface area contributed by atoms with Crippen molar-refractivity contribution in [1.29, 1.82) is 0 Å². The summed E-state index contributed by atoms with van der Waals surface area (Å²) in [6, 6.07) is 27.3. The highest BCUT2D eigenvalue weighted by molar-refractivity contribution is 7.13. The molecule has 0 unspecified atom stereocenters. The monoisotopic (exact) mass is 314 g/mol. The summed E-state index contributed by atoms with van der Waals surface area (Å²) in [6.45, 7) is 7.07. The number of rotatable bonds is 2. The molecule has 0 radical (unpaired) electrons. The van der Waals surface area contributed by atoms with E-state index < -0.39 is 8.07 Å². The molecule has 0 fully saturated rings. The molecule has 0 aliphatic carbocycles. The molecule has 0 bridgehead atoms. The highest BCUT2D eigenvalue weighted by Crippen LogP contribution is 2.28. The molecule has 0 saturated heterocycles. The van der Waals surface area contributed by atoms with E-state index in [-0.39, 0.29) is 0 Å². The molecular weight excluding hydrogens is 292 g/mol. The molecule has 0 aromatic heterocycles. The summed E-state index contributed by atoms with van der Waals surface area (Å²) in [4.78, 5) is 0. The summed E-state index contributed by atoms with van der Waals surface area (Å²) < 4.78 is 0. The summed E-state index contributed by atoms with van der Waals surface area (Å²) in [5.41, 5.74) is 4.32. The standard InChI is InChI=1S/C22H22Si/c1-16(2)17-9-8-10-18(15-17)23(3)21-13-6-4-11-19(21)20-12-5-7-14-22(20)23/h4-16H,1-3H3. The van der Waals surface area contributed by atoms with Crippen LogP contribution < -0.4 is 15.6 Å². The van der Waals surface area contributed by atoms with Crippen LogP contribution in [0.4, 0.5) is 0 Å². The van der Waals surface area contributed by atoms with Crippen LogP contribution in [0.1, 0.15) is 25.3 Å². The quantitative estimate of drug-likeness (QED) is 0.630. The lowest BCUT2D eigenvalue weighted by Crippen LogP contribution is -2.62. The zero-order chi connectivity index (χ0) is 16.0. The number of hydrogen-bond acceptors (Lipinski definition) is 0. The zero-order valence-corrected chi connectivity index (χ0v) is 15.0. The second-order valence-electron chi connectivity index (χ2n) is 7.00. The van der Waals surface area contributed by atoms with Crippen LogP contribution in [-0.2, 0) is 0 Å². The molecule has 1 aliphatic rings. The summed E-state index contributed by atoms with van der Waals surface area (Å²) in [5.74, 6) is 0.569. The molecule has 0 atom stereocenters. The first-order valence-corrected chi connectivity index (χ1v) is 10.9. The van der Waals surface area contributed by atoms with E-state index in [9.17, 15) is 0 Å². The van der Waals surface area contributed by atoms with Crippen LogP contribution in [0.15, 0.2) is 72.8 Å². The topological polar surface area (TPSA) is 0 Å². The highest BCUT2D eigenvalue weighted by atomic mass is 28.3. The SMILES string of the molecule is CC(C)c1cccc([Si]2(C)c3ccccc3-c3ccccc32)c1. The van der Waals surface area contributed by atoms with Gasteiger partial charge in [-0.3, -0.25) is 0 Å². The number of fused-ring (bicyclic) bond motifs is 3. The van der Waals surface area contributed by atoms with Gasteiger partial charge in [0, 0.05) is 0 Å². The molecule has 0 nitrogen and oxygen atoms in total. The van der Waals surface area contributed by atoms with Crippen molar-refractivity contribution in [1.82, 2.24) is 0 Å². The van der Waals surface area contributed by atoms with E-state index in [4.69, 9.17) is 0 Å². The molecule has 1 heteroatoms. The van der Waals surface area contributed by atoms with Gasteiger partial charge in [-0.15, -0.1) is 0 Å². The maximum absolute atomic E-state index is 2.51. The summed E-state index contributed by atoms with van der Waals surface area (Å²) >= 11 is 0. The number of benzene rings is 3. The predicted octanol–water partition coefficient (Wildman–Crippen LogP) is 3.89. The summed E-state index contributed by atoms with van der Waals surface area (Å²) in [5, 5.41) is 4.64. The molecule has 3 aromatic rings. The molecule has 0 amide bonds. The van der Waals surface area contributed by atoms with Crippen molar-refractivity contribution in [2.24, 2.45) is 0 Å². The van der Waals surface area contributed by atoms with E-state index in [2.05, 4.69) is 93.2 Å². The van der Waals surface area contributed by atoms with Gasteiger partial charge in [-0.25, -0.2) is 0 Å². The van der Waals surface area contributed by atoms with Gasteiger partial charge in [0.05, 0.1) is 0 Å². The third kappa shape index (κ3) is 2.03. The molecule has 0 spiro atoms. The molecule has 1 aliphatic heterocycles. The Morgan fingerprint density at radius 2 is 1.26 bits per heavy atom. The third-order valence-electron chi connectivity index (χ3n) is 5.35. The van der Waals surface area contributed by atoms with Gasteiger partial charge in [0.15, 0.2) is 0 Å². The van der Waals surface area contributed by atoms with Crippen LogP contribution in [0.5, 0.6) is 0 Å². The highest BCUT2D eigenvalue weighted by Gasteiger charge is 2.42. The Morgan fingerprint density at radius 3 is 1.83 bits per heavy atom. The fourth-order valence-electron chi connectivity index (χ4n) is 3.97. The first-order chi connectivity index (χ1) is 11.1. The molecule has 1 heterocycles. The Kier molecular flexibility index (Phi) is 3.28. The van der Waals surface area contributed by atoms with Gasteiger partial charge in [-0.05, 0) is 38.2 Å². The van der Waals surface area contributed by atoms with Crippen LogP contribution in [0.3, 0.4) is 0 Å². The Labute approximate surface area is 139 Å². The second-order valence-corrected chi connectivity index (χ2v) is 10.9. The van der Waals surface area contributed by atoms with Crippen molar-refractivity contribution in [3.05, 3.63) is 78.4 Å². The summed E-state index contributed by atoms with van der Waals surface area (Å²) in [7, 11) is -1.88. The first kappa shape index (κ1) is 14.5. The predicted molar refractivity (Wildman–Crippen MR) is 103 cm³/mol. The van der Waals surface area contributed by atoms with Crippen molar-refractivity contribution >= 4 is 23.6 Å². The van der Waals surface area contributed by atoms with Crippen LogP contribution >= 0.6 is 0 Å². The lowest BCUT2D eigenvalue weighted by molar-refractivity contribution is 0.868. The molecule has 0 N–H and O–H groups in total. The van der Waals surface area contributed by atoms with E-state index in [0.717, 1.165) is 0 Å². The van der Waals surface area contributed by atoms with Crippen molar-refractivity contribution < 1.29 is 0 Å². The van der Waals surface area contributed by atoms with Gasteiger partial charge in [-0.2, -0.15) is 0 Å². The molecular formula is C22H22Si. The second kappa shape index (κ2) is 5.21. The Bertz CT molecular complexity index is 831. The molecule has 3 aromatic carbocycles. The van der Waals surface area contributed by atoms with Crippen LogP contribution in [0.25, 0.3) is 11.1 Å². The van der Waals surface area contributed by atoms with Gasteiger partial charge < -0.3 is 0 Å². The van der Waals surface area contributed by atoms with Crippen LogP contribution in [-0.4, -0.2) is 8.07 Å². The van der Waals surface area contributed by atoms with Crippen molar-refractivity contribution in [2.45, 2.75) is 26.3 Å². The van der Waals surface area contributed by atoms with Gasteiger partial charge in [0.25, 0.3) is 0 Å². The lowest BCUT2D eigenvalue weighted by atomic mass is 10.0. The van der Waals surface area contributed by atoms with Crippen LogP contribution in [0, 0.1) is 0 Å². The Morgan fingerprint density at radius 1 is 0.696 bits per heavy atom. The minimum absolute atomic E-state index is 0.569. The molecule has 4 rings (SSSR count). The van der Waals surface area contributed by atoms with Gasteiger partial charge in [0.2, 0.25) is 0 Å². The van der Waals surface area contributed by atoms with Crippen LogP contribution in [0.2, 0.25) is 6.55 Å². The van der Waals surface area contributed by atoms with Crippen molar-refractivity contribution in [3.63, 3.8) is 0 Å². The van der Waals surface area contributed by atoms with E-state index >= 15 is 0 Å². The van der Waals surface area contributed by atoms with E-state index in [1.54, 1.807) is 10.4 Å². The van der Waals surface area contributed by atoms with Gasteiger partial charge in [-0.1, -0.05) is 93.2 Å². The maximum Gasteiger partial charge on any atom is 0.147 e. The minimum Gasteiger partial charge on any atom is -0.0623 e. The first-order valence-electron chi connectivity index (χ1n) is 8.42. The zero-order valence-electron chi connectivity index (χ0n) is 14.0. The van der Waals surface area contributed by atoms with Crippen molar-refractivity contribution in [2.75, 3.05) is 0 Å². The smallest absolute Gasteiger partial charge is 0.0623 e. The van der Waals surface area contributed by atoms with Gasteiger partial charge >= 0.3 is 0 Å². The molecule has 114 valence electrons. The maximum atomic E-state index is 2.51. The average Bonchev–Trinajstić information content (AvgIpc) is 2.86. The third-order valence-corrected chi connectivity index (χ3v) is 9.84. The fraction of sp³-hybridized carbons (Fsp3) is 0.182. The van der Waals surface area contributed by atoms with Crippen molar-refractivity contribution in [3.8, 4) is 11.1 Å². The largest absolute Gasteiger partial charge is 0.147 e. The summed E-state index contributed by atoms with van der Waals surface area (Å²) in [6.07, 6.45) is 0.